The Labute approximate surface area is 329 Å². The summed E-state index contributed by atoms with van der Waals surface area (Å²) in [5.74, 6) is 0. The van der Waals surface area contributed by atoms with Gasteiger partial charge in [0, 0.05) is 54.9 Å². The van der Waals surface area contributed by atoms with Gasteiger partial charge in [-0.05, 0) is 89.5 Å². The zero-order chi connectivity index (χ0) is 37.5. The van der Waals surface area contributed by atoms with E-state index in [1.54, 1.807) is 0 Å². The Morgan fingerprint density at radius 1 is 0.228 bits per heavy atom. The van der Waals surface area contributed by atoms with Crippen LogP contribution >= 0.6 is 0 Å². The van der Waals surface area contributed by atoms with Crippen LogP contribution in [0.5, 0.6) is 0 Å². The van der Waals surface area contributed by atoms with Crippen molar-refractivity contribution in [2.24, 2.45) is 0 Å². The molecule has 0 atom stereocenters. The smallest absolute Gasteiger partial charge is 0.0568 e. The average Bonchev–Trinajstić information content (AvgIpc) is 3.92. The largest absolute Gasteiger partial charge is 0.309 e. The number of hydrogen-bond acceptors (Lipinski definition) is 0. The minimum atomic E-state index is 1.15. The van der Waals surface area contributed by atoms with E-state index in [1.807, 2.05) is 0 Å². The molecule has 3 heterocycles. The van der Waals surface area contributed by atoms with Crippen molar-refractivity contribution in [1.29, 1.82) is 0 Å². The molecule has 0 spiro atoms. The molecule has 9 aromatic carbocycles. The second kappa shape index (κ2) is 12.5. The number of aromatic nitrogens is 3. The Balaban J connectivity index is 1.19. The van der Waals surface area contributed by atoms with Crippen LogP contribution in [0.3, 0.4) is 0 Å². The number of benzene rings is 9. The van der Waals surface area contributed by atoms with Gasteiger partial charge in [-0.2, -0.15) is 0 Å². The highest BCUT2D eigenvalue weighted by atomic mass is 15.0. The molecular formula is C54H35N3. The van der Waals surface area contributed by atoms with Gasteiger partial charge in [0.2, 0.25) is 0 Å². The molecule has 0 radical (unpaired) electrons. The molecule has 12 rings (SSSR count). The van der Waals surface area contributed by atoms with E-state index in [-0.39, 0.29) is 0 Å². The summed E-state index contributed by atoms with van der Waals surface area (Å²) in [6, 6.07) is 77.4. The van der Waals surface area contributed by atoms with E-state index in [2.05, 4.69) is 226 Å². The zero-order valence-corrected chi connectivity index (χ0v) is 31.0. The Hall–Kier alpha value is -7.62. The normalized spacial score (nSPS) is 11.9. The van der Waals surface area contributed by atoms with Crippen molar-refractivity contribution in [3.05, 3.63) is 212 Å². The lowest BCUT2D eigenvalue weighted by molar-refractivity contribution is 1.16. The third-order valence-electron chi connectivity index (χ3n) is 11.8. The monoisotopic (exact) mass is 725 g/mol. The van der Waals surface area contributed by atoms with Gasteiger partial charge in [0.05, 0.1) is 33.1 Å². The molecule has 0 unspecified atom stereocenters. The van der Waals surface area contributed by atoms with Gasteiger partial charge in [0.25, 0.3) is 0 Å². The van der Waals surface area contributed by atoms with Crippen LogP contribution in [0.25, 0.3) is 105 Å². The molecule has 3 aromatic heterocycles. The molecule has 0 amide bonds. The van der Waals surface area contributed by atoms with Crippen LogP contribution in [0, 0.1) is 0 Å². The molecule has 0 aliphatic rings. The molecule has 0 aliphatic carbocycles. The van der Waals surface area contributed by atoms with Gasteiger partial charge in [-0.1, -0.05) is 140 Å². The van der Waals surface area contributed by atoms with Crippen molar-refractivity contribution in [3.8, 4) is 39.3 Å². The number of hydrogen-bond donors (Lipinski definition) is 0. The van der Waals surface area contributed by atoms with Gasteiger partial charge in [0.15, 0.2) is 0 Å². The molecule has 57 heavy (non-hydrogen) atoms. The topological polar surface area (TPSA) is 14.8 Å². The summed E-state index contributed by atoms with van der Waals surface area (Å²) >= 11 is 0. The Morgan fingerprint density at radius 2 is 0.632 bits per heavy atom. The van der Waals surface area contributed by atoms with E-state index in [0.29, 0.717) is 0 Å². The summed E-state index contributed by atoms with van der Waals surface area (Å²) in [5.41, 5.74) is 15.4. The maximum atomic E-state index is 2.45. The Morgan fingerprint density at radius 3 is 1.18 bits per heavy atom. The molecule has 0 aliphatic heterocycles. The summed E-state index contributed by atoms with van der Waals surface area (Å²) in [6.07, 6.45) is 0. The quantitative estimate of drug-likeness (QED) is 0.168. The minimum absolute atomic E-state index is 1.15. The van der Waals surface area contributed by atoms with Crippen molar-refractivity contribution in [2.45, 2.75) is 0 Å². The highest BCUT2D eigenvalue weighted by Crippen LogP contribution is 2.47. The van der Waals surface area contributed by atoms with E-state index in [0.717, 1.165) is 17.1 Å². The summed E-state index contributed by atoms with van der Waals surface area (Å²) in [4.78, 5) is 0. The summed E-state index contributed by atoms with van der Waals surface area (Å²) in [6.45, 7) is 0. The van der Waals surface area contributed by atoms with E-state index in [1.165, 1.54) is 87.7 Å². The van der Waals surface area contributed by atoms with Crippen LogP contribution in [-0.2, 0) is 0 Å². The lowest BCUT2D eigenvalue weighted by Crippen LogP contribution is -1.96. The van der Waals surface area contributed by atoms with Gasteiger partial charge >= 0.3 is 0 Å². The SMILES string of the molecule is c1ccc(-n2c3ccccc3c3ccc(-c4cccc(-c5c6c7ccccc7n(-c7ccccc7)c6cc6c5c5ccccc5n6-c5ccccc5)c4)cc32)cc1. The molecule has 266 valence electrons. The number of fused-ring (bicyclic) bond motifs is 9. The molecule has 0 fully saturated rings. The lowest BCUT2D eigenvalue weighted by atomic mass is 9.92. The van der Waals surface area contributed by atoms with Crippen molar-refractivity contribution in [2.75, 3.05) is 0 Å². The molecule has 3 nitrogen and oxygen atoms in total. The molecule has 12 aromatic rings. The first-order valence-electron chi connectivity index (χ1n) is 19.6. The number of rotatable bonds is 5. The standard InChI is InChI=1S/C54H35N3/c1-4-19-39(20-5-1)55-46-28-13-10-25-42(46)43-32-31-37(34-49(43)55)36-17-16-18-38(33-36)52-53-44-26-11-14-29-47(44)56(40-21-6-2-7-22-40)50(53)35-51-54(52)45-27-12-15-30-48(45)57(51)41-23-8-3-9-24-41/h1-35H. The lowest BCUT2D eigenvalue weighted by Gasteiger charge is -2.14. The highest BCUT2D eigenvalue weighted by molar-refractivity contribution is 6.28. The second-order valence-corrected chi connectivity index (χ2v) is 14.9. The summed E-state index contributed by atoms with van der Waals surface area (Å²) in [7, 11) is 0. The minimum Gasteiger partial charge on any atom is -0.309 e. The highest BCUT2D eigenvalue weighted by Gasteiger charge is 2.24. The first kappa shape index (κ1) is 31.7. The van der Waals surface area contributed by atoms with Gasteiger partial charge in [0.1, 0.15) is 0 Å². The van der Waals surface area contributed by atoms with E-state index in [9.17, 15) is 0 Å². The van der Waals surface area contributed by atoms with Crippen LogP contribution in [-0.4, -0.2) is 13.7 Å². The fourth-order valence-electron chi connectivity index (χ4n) is 9.43. The van der Waals surface area contributed by atoms with Gasteiger partial charge in [-0.25, -0.2) is 0 Å². The maximum Gasteiger partial charge on any atom is 0.0568 e. The van der Waals surface area contributed by atoms with Crippen molar-refractivity contribution in [1.82, 2.24) is 13.7 Å². The molecule has 0 saturated heterocycles. The van der Waals surface area contributed by atoms with Crippen LogP contribution in [0.4, 0.5) is 0 Å². The first-order valence-corrected chi connectivity index (χ1v) is 19.6. The predicted octanol–water partition coefficient (Wildman–Crippen LogP) is 14.3. The summed E-state index contributed by atoms with van der Waals surface area (Å²) in [5, 5.41) is 7.51. The maximum absolute atomic E-state index is 2.45. The second-order valence-electron chi connectivity index (χ2n) is 14.9. The summed E-state index contributed by atoms with van der Waals surface area (Å²) < 4.78 is 7.29. The molecule has 3 heteroatoms. The van der Waals surface area contributed by atoms with Crippen LogP contribution in [0.15, 0.2) is 212 Å². The first-order chi connectivity index (χ1) is 28.3. The average molecular weight is 726 g/mol. The third kappa shape index (κ3) is 4.73. The molecule has 0 N–H and O–H groups in total. The van der Waals surface area contributed by atoms with E-state index >= 15 is 0 Å². The van der Waals surface area contributed by atoms with Gasteiger partial charge < -0.3 is 13.7 Å². The molecule has 0 bridgehead atoms. The van der Waals surface area contributed by atoms with E-state index in [4.69, 9.17) is 0 Å². The van der Waals surface area contributed by atoms with Crippen LogP contribution in [0.2, 0.25) is 0 Å². The fraction of sp³-hybridized carbons (Fsp3) is 0. The van der Waals surface area contributed by atoms with Gasteiger partial charge in [-0.3, -0.25) is 0 Å². The van der Waals surface area contributed by atoms with Gasteiger partial charge in [-0.15, -0.1) is 0 Å². The molecular weight excluding hydrogens is 691 g/mol. The van der Waals surface area contributed by atoms with Crippen molar-refractivity contribution in [3.63, 3.8) is 0 Å². The van der Waals surface area contributed by atoms with Crippen molar-refractivity contribution >= 4 is 65.4 Å². The Kier molecular flexibility index (Phi) is 6.93. The fourth-order valence-corrected chi connectivity index (χ4v) is 9.43. The Bertz CT molecular complexity index is 3360. The molecule has 0 saturated carbocycles. The van der Waals surface area contributed by atoms with E-state index < -0.39 is 0 Å². The predicted molar refractivity (Wildman–Crippen MR) is 240 cm³/mol. The number of nitrogens with zero attached hydrogens (tertiary/aromatic N) is 3. The van der Waals surface area contributed by atoms with Crippen molar-refractivity contribution < 1.29 is 0 Å². The number of para-hydroxylation sites is 6. The van der Waals surface area contributed by atoms with Crippen LogP contribution < -0.4 is 0 Å². The zero-order valence-electron chi connectivity index (χ0n) is 31.0. The third-order valence-corrected chi connectivity index (χ3v) is 11.8. The van der Waals surface area contributed by atoms with Crippen LogP contribution in [0.1, 0.15) is 0 Å².